The number of benzene rings is 1. The van der Waals surface area contributed by atoms with Crippen LogP contribution in [0.5, 0.6) is 5.88 Å². The normalized spacial score (nSPS) is 17.7. The lowest BCUT2D eigenvalue weighted by atomic mass is 10.1. The quantitative estimate of drug-likeness (QED) is 0.766. The zero-order valence-electron chi connectivity index (χ0n) is 15.3. The summed E-state index contributed by atoms with van der Waals surface area (Å²) in [5.74, 6) is 0.349. The van der Waals surface area contributed by atoms with Crippen molar-refractivity contribution >= 4 is 15.9 Å². The average Bonchev–Trinajstić information content (AvgIpc) is 2.68. The van der Waals surface area contributed by atoms with E-state index in [1.165, 1.54) is 32.6 Å². The Bertz CT molecular complexity index is 885. The molecule has 1 aliphatic rings. The molecule has 27 heavy (non-hydrogen) atoms. The number of likely N-dealkylation sites (tertiary alicyclic amines) is 1. The Hall–Kier alpha value is -2.52. The third-order valence-electron chi connectivity index (χ3n) is 4.39. The molecule has 1 aromatic heterocycles. The molecule has 8 nitrogen and oxygen atoms in total. The third kappa shape index (κ3) is 4.42. The van der Waals surface area contributed by atoms with Crippen molar-refractivity contribution in [3.63, 3.8) is 0 Å². The van der Waals surface area contributed by atoms with E-state index >= 15 is 0 Å². The van der Waals surface area contributed by atoms with E-state index in [9.17, 15) is 13.2 Å². The predicted molar refractivity (Wildman–Crippen MR) is 98.9 cm³/mol. The van der Waals surface area contributed by atoms with Gasteiger partial charge in [-0.3, -0.25) is 4.79 Å². The number of carbonyl (C=O) groups is 1. The number of aromatic nitrogens is 2. The molecule has 1 atom stereocenters. The van der Waals surface area contributed by atoms with Gasteiger partial charge in [0.1, 0.15) is 12.4 Å². The highest BCUT2D eigenvalue weighted by atomic mass is 32.2. The van der Waals surface area contributed by atoms with Crippen molar-refractivity contribution in [3.05, 3.63) is 48.4 Å². The number of nitrogens with zero attached hydrogens (tertiary/aromatic N) is 4. The molecule has 0 N–H and O–H groups in total. The smallest absolute Gasteiger partial charge is 0.253 e. The molecular weight excluding hydrogens is 368 g/mol. The van der Waals surface area contributed by atoms with Gasteiger partial charge in [0.05, 0.1) is 11.4 Å². The molecule has 0 bridgehead atoms. The Labute approximate surface area is 158 Å². The van der Waals surface area contributed by atoms with Gasteiger partial charge in [-0.1, -0.05) is 0 Å². The monoisotopic (exact) mass is 390 g/mol. The summed E-state index contributed by atoms with van der Waals surface area (Å²) in [4.78, 5) is 22.6. The van der Waals surface area contributed by atoms with Crippen molar-refractivity contribution < 1.29 is 17.9 Å². The lowest BCUT2D eigenvalue weighted by Gasteiger charge is -2.32. The predicted octanol–water partition coefficient (Wildman–Crippen LogP) is 1.41. The van der Waals surface area contributed by atoms with Gasteiger partial charge in [-0.05, 0) is 37.1 Å². The van der Waals surface area contributed by atoms with E-state index in [-0.39, 0.29) is 16.9 Å². The van der Waals surface area contributed by atoms with Gasteiger partial charge in [0, 0.05) is 38.5 Å². The molecule has 1 fully saturated rings. The van der Waals surface area contributed by atoms with Crippen LogP contribution in [-0.4, -0.2) is 66.8 Å². The summed E-state index contributed by atoms with van der Waals surface area (Å²) < 4.78 is 31.2. The first kappa shape index (κ1) is 19.2. The summed E-state index contributed by atoms with van der Waals surface area (Å²) in [7, 11) is -0.567. The van der Waals surface area contributed by atoms with Crippen molar-refractivity contribution in [1.82, 2.24) is 19.2 Å². The van der Waals surface area contributed by atoms with Crippen molar-refractivity contribution in [3.8, 4) is 5.88 Å². The SMILES string of the molecule is CN(C)S(=O)(=O)c1ccc(C(=O)N2CCC[C@@H](Oc3ccncn3)C2)cc1. The van der Waals surface area contributed by atoms with Crippen LogP contribution in [-0.2, 0) is 10.0 Å². The minimum Gasteiger partial charge on any atom is -0.472 e. The van der Waals surface area contributed by atoms with Crippen LogP contribution >= 0.6 is 0 Å². The molecule has 2 heterocycles. The highest BCUT2D eigenvalue weighted by Crippen LogP contribution is 2.19. The Morgan fingerprint density at radius 2 is 1.96 bits per heavy atom. The number of piperidine rings is 1. The van der Waals surface area contributed by atoms with Gasteiger partial charge in [-0.15, -0.1) is 0 Å². The lowest BCUT2D eigenvalue weighted by molar-refractivity contribution is 0.0527. The second-order valence-corrected chi connectivity index (χ2v) is 8.64. The van der Waals surface area contributed by atoms with Gasteiger partial charge in [0.15, 0.2) is 0 Å². The Kier molecular flexibility index (Phi) is 5.71. The van der Waals surface area contributed by atoms with E-state index in [2.05, 4.69) is 9.97 Å². The fourth-order valence-electron chi connectivity index (χ4n) is 2.90. The number of sulfonamides is 1. The molecular formula is C18H22N4O4S. The fraction of sp³-hybridized carbons (Fsp3) is 0.389. The molecule has 1 saturated heterocycles. The average molecular weight is 390 g/mol. The van der Waals surface area contributed by atoms with Gasteiger partial charge in [-0.2, -0.15) is 0 Å². The molecule has 144 valence electrons. The fourth-order valence-corrected chi connectivity index (χ4v) is 3.80. The van der Waals surface area contributed by atoms with Crippen LogP contribution in [0.2, 0.25) is 0 Å². The van der Waals surface area contributed by atoms with E-state index < -0.39 is 10.0 Å². The lowest BCUT2D eigenvalue weighted by Crippen LogP contribution is -2.44. The first-order chi connectivity index (χ1) is 12.9. The van der Waals surface area contributed by atoms with Crippen molar-refractivity contribution in [2.24, 2.45) is 0 Å². The molecule has 0 saturated carbocycles. The standard InChI is InChI=1S/C18H22N4O4S/c1-21(2)27(24,25)16-7-5-14(6-8-16)18(23)22-11-3-4-15(12-22)26-17-9-10-19-13-20-17/h5-10,13,15H,3-4,11-12H2,1-2H3/t15-/m1/s1. The molecule has 1 aliphatic heterocycles. The van der Waals surface area contributed by atoms with Crippen LogP contribution in [0.25, 0.3) is 0 Å². The van der Waals surface area contributed by atoms with E-state index in [4.69, 9.17) is 4.74 Å². The topological polar surface area (TPSA) is 92.7 Å². The largest absolute Gasteiger partial charge is 0.472 e. The number of rotatable bonds is 5. The minimum absolute atomic E-state index is 0.133. The van der Waals surface area contributed by atoms with E-state index in [1.807, 2.05) is 0 Å². The van der Waals surface area contributed by atoms with Gasteiger partial charge in [0.25, 0.3) is 5.91 Å². The van der Waals surface area contributed by atoms with Gasteiger partial charge in [-0.25, -0.2) is 22.7 Å². The molecule has 1 aromatic carbocycles. The van der Waals surface area contributed by atoms with Gasteiger partial charge in [0.2, 0.25) is 15.9 Å². The van der Waals surface area contributed by atoms with Crippen LogP contribution in [0.3, 0.4) is 0 Å². The highest BCUT2D eigenvalue weighted by molar-refractivity contribution is 7.89. The van der Waals surface area contributed by atoms with Crippen LogP contribution in [0.1, 0.15) is 23.2 Å². The molecule has 1 amide bonds. The first-order valence-corrected chi connectivity index (χ1v) is 10.1. The summed E-state index contributed by atoms with van der Waals surface area (Å²) >= 11 is 0. The highest BCUT2D eigenvalue weighted by Gasteiger charge is 2.26. The van der Waals surface area contributed by atoms with Crippen LogP contribution < -0.4 is 4.74 Å². The maximum atomic E-state index is 12.8. The molecule has 0 aliphatic carbocycles. The Morgan fingerprint density at radius 3 is 2.59 bits per heavy atom. The van der Waals surface area contributed by atoms with Gasteiger partial charge >= 0.3 is 0 Å². The number of carbonyl (C=O) groups excluding carboxylic acids is 1. The van der Waals surface area contributed by atoms with Crippen molar-refractivity contribution in [2.75, 3.05) is 27.2 Å². The molecule has 9 heteroatoms. The zero-order chi connectivity index (χ0) is 19.4. The number of ether oxygens (including phenoxy) is 1. The van der Waals surface area contributed by atoms with E-state index in [0.717, 1.165) is 17.1 Å². The summed E-state index contributed by atoms with van der Waals surface area (Å²) in [5.41, 5.74) is 0.454. The van der Waals surface area contributed by atoms with Crippen molar-refractivity contribution in [2.45, 2.75) is 23.8 Å². The Morgan fingerprint density at radius 1 is 1.22 bits per heavy atom. The Balaban J connectivity index is 1.68. The number of amides is 1. The minimum atomic E-state index is -3.51. The zero-order valence-corrected chi connectivity index (χ0v) is 16.1. The summed E-state index contributed by atoms with van der Waals surface area (Å²) in [6, 6.07) is 7.70. The third-order valence-corrected chi connectivity index (χ3v) is 6.22. The molecule has 3 rings (SSSR count). The maximum Gasteiger partial charge on any atom is 0.253 e. The summed E-state index contributed by atoms with van der Waals surface area (Å²) in [6.07, 6.45) is 4.57. The van der Waals surface area contributed by atoms with Crippen molar-refractivity contribution in [1.29, 1.82) is 0 Å². The molecule has 2 aromatic rings. The van der Waals surface area contributed by atoms with Crippen LogP contribution in [0.15, 0.2) is 47.8 Å². The van der Waals surface area contributed by atoms with E-state index in [1.54, 1.807) is 29.3 Å². The van der Waals surface area contributed by atoms with Crippen LogP contribution in [0, 0.1) is 0 Å². The number of hydrogen-bond acceptors (Lipinski definition) is 6. The molecule has 0 unspecified atom stereocenters. The summed E-state index contributed by atoms with van der Waals surface area (Å²) in [6.45, 7) is 1.10. The second kappa shape index (κ2) is 8.01. The maximum absolute atomic E-state index is 12.8. The number of hydrogen-bond donors (Lipinski definition) is 0. The van der Waals surface area contributed by atoms with Gasteiger partial charge < -0.3 is 9.64 Å². The first-order valence-electron chi connectivity index (χ1n) is 8.62. The summed E-state index contributed by atoms with van der Waals surface area (Å²) in [5, 5.41) is 0. The van der Waals surface area contributed by atoms with E-state index in [0.29, 0.717) is 24.5 Å². The molecule has 0 spiro atoms. The molecule has 0 radical (unpaired) electrons. The second-order valence-electron chi connectivity index (χ2n) is 6.49. The van der Waals surface area contributed by atoms with Crippen LogP contribution in [0.4, 0.5) is 0 Å².